The molecule has 3 unspecified atom stereocenters. The average Bonchev–Trinajstić information content (AvgIpc) is 2.94. The van der Waals surface area contributed by atoms with Gasteiger partial charge in [-0.15, -0.1) is 0 Å². The summed E-state index contributed by atoms with van der Waals surface area (Å²) in [5, 5.41) is 0. The van der Waals surface area contributed by atoms with Crippen LogP contribution in [0.4, 0.5) is 0 Å². The highest BCUT2D eigenvalue weighted by Crippen LogP contribution is 2.47. The number of rotatable bonds is 3. The summed E-state index contributed by atoms with van der Waals surface area (Å²) in [4.78, 5) is 13.9. The Kier molecular flexibility index (Phi) is 4.01. The van der Waals surface area contributed by atoms with Crippen molar-refractivity contribution in [2.24, 2.45) is 11.8 Å². The molecule has 2 nitrogen and oxygen atoms in total. The molecule has 3 atom stereocenters. The second kappa shape index (κ2) is 6.18. The van der Waals surface area contributed by atoms with Crippen molar-refractivity contribution in [2.75, 3.05) is 19.6 Å². The Balaban J connectivity index is 1.75. The molecule has 24 heavy (non-hydrogen) atoms. The van der Waals surface area contributed by atoms with E-state index in [9.17, 15) is 4.79 Å². The fraction of sp³-hybridized carbons (Fsp3) is 0.409. The summed E-state index contributed by atoms with van der Waals surface area (Å²) in [6, 6.07) is 17.9. The van der Waals surface area contributed by atoms with Crippen LogP contribution in [0.5, 0.6) is 0 Å². The number of Topliss-reactive ketones (excluding diaryl/α,β-unsaturated/α-hetero) is 1. The van der Waals surface area contributed by atoms with Crippen LogP contribution in [0.2, 0.25) is 0 Å². The normalized spacial score (nSPS) is 26.0. The quantitative estimate of drug-likeness (QED) is 0.857. The summed E-state index contributed by atoms with van der Waals surface area (Å²) >= 11 is 0. The minimum Gasteiger partial charge on any atom is -0.299 e. The predicted molar refractivity (Wildman–Crippen MR) is 97.3 cm³/mol. The molecule has 124 valence electrons. The zero-order valence-corrected chi connectivity index (χ0v) is 14.5. The maximum atomic E-state index is 11.6. The van der Waals surface area contributed by atoms with Crippen LogP contribution in [0.25, 0.3) is 0 Å². The minimum absolute atomic E-state index is 0.276. The molecule has 0 saturated carbocycles. The van der Waals surface area contributed by atoms with E-state index in [1.807, 2.05) is 0 Å². The summed E-state index contributed by atoms with van der Waals surface area (Å²) in [6.07, 6.45) is 1.15. The van der Waals surface area contributed by atoms with Crippen molar-refractivity contribution >= 4 is 5.78 Å². The molecule has 2 aliphatic rings. The first-order valence-corrected chi connectivity index (χ1v) is 8.98. The van der Waals surface area contributed by atoms with Gasteiger partial charge in [0.2, 0.25) is 0 Å². The summed E-state index contributed by atoms with van der Waals surface area (Å²) < 4.78 is 0. The maximum Gasteiger partial charge on any atom is 0.143 e. The summed E-state index contributed by atoms with van der Waals surface area (Å²) in [7, 11) is 0. The van der Waals surface area contributed by atoms with Gasteiger partial charge in [0.15, 0.2) is 0 Å². The lowest BCUT2D eigenvalue weighted by atomic mass is 9.68. The van der Waals surface area contributed by atoms with Gasteiger partial charge in [-0.25, -0.2) is 0 Å². The molecule has 1 fully saturated rings. The molecule has 0 amide bonds. The Morgan fingerprint density at radius 1 is 1.12 bits per heavy atom. The van der Waals surface area contributed by atoms with Crippen molar-refractivity contribution in [2.45, 2.75) is 26.2 Å². The number of ketones is 1. The topological polar surface area (TPSA) is 20.3 Å². The van der Waals surface area contributed by atoms with E-state index in [-0.39, 0.29) is 5.78 Å². The molecule has 2 aromatic rings. The van der Waals surface area contributed by atoms with E-state index in [0.29, 0.717) is 24.3 Å². The monoisotopic (exact) mass is 319 g/mol. The number of fused-ring (bicyclic) bond motifs is 2. The van der Waals surface area contributed by atoms with E-state index in [0.717, 1.165) is 19.5 Å². The summed E-state index contributed by atoms with van der Waals surface area (Å²) in [5.41, 5.74) is 5.77. The van der Waals surface area contributed by atoms with Crippen molar-refractivity contribution in [1.29, 1.82) is 0 Å². The van der Waals surface area contributed by atoms with Crippen molar-refractivity contribution < 1.29 is 4.79 Å². The first-order chi connectivity index (χ1) is 11.6. The molecule has 1 aliphatic carbocycles. The molecule has 1 saturated heterocycles. The molecule has 0 aromatic heterocycles. The Morgan fingerprint density at radius 3 is 2.67 bits per heavy atom. The fourth-order valence-electron chi connectivity index (χ4n) is 4.84. The molecule has 0 N–H and O–H groups in total. The second-order valence-corrected chi connectivity index (χ2v) is 7.61. The predicted octanol–water partition coefficient (Wildman–Crippen LogP) is 3.82. The molecule has 0 spiro atoms. The van der Waals surface area contributed by atoms with Gasteiger partial charge < -0.3 is 0 Å². The van der Waals surface area contributed by atoms with E-state index in [1.165, 1.54) is 22.3 Å². The molecule has 0 bridgehead atoms. The lowest BCUT2D eigenvalue weighted by molar-refractivity contribution is -0.117. The molecule has 4 rings (SSSR count). The number of benzene rings is 2. The standard InChI is InChI=1S/C22H25NO/c1-15-8-9-20-18(10-15)11-19-13-23(12-16(2)24)14-21(19)22(20)17-6-4-3-5-7-17/h3-10,19,21-22H,11-14H2,1-2H3. The molecule has 0 radical (unpaired) electrons. The van der Waals surface area contributed by atoms with Gasteiger partial charge in [-0.05, 0) is 48.8 Å². The fourth-order valence-corrected chi connectivity index (χ4v) is 4.84. The third kappa shape index (κ3) is 2.80. The third-order valence-corrected chi connectivity index (χ3v) is 5.72. The Hall–Kier alpha value is -1.93. The van der Waals surface area contributed by atoms with Gasteiger partial charge in [0.1, 0.15) is 5.78 Å². The maximum absolute atomic E-state index is 11.6. The largest absolute Gasteiger partial charge is 0.299 e. The smallest absolute Gasteiger partial charge is 0.143 e. The zero-order valence-electron chi connectivity index (χ0n) is 14.5. The zero-order chi connectivity index (χ0) is 16.7. The summed E-state index contributed by atoms with van der Waals surface area (Å²) in [6.45, 7) is 6.58. The highest BCUT2D eigenvalue weighted by atomic mass is 16.1. The molecular formula is C22H25NO. The van der Waals surface area contributed by atoms with E-state index in [4.69, 9.17) is 0 Å². The second-order valence-electron chi connectivity index (χ2n) is 7.61. The summed E-state index contributed by atoms with van der Waals surface area (Å²) in [5.74, 6) is 2.00. The van der Waals surface area contributed by atoms with E-state index < -0.39 is 0 Å². The molecule has 2 heteroatoms. The van der Waals surface area contributed by atoms with Gasteiger partial charge in [-0.1, -0.05) is 54.1 Å². The number of carbonyl (C=O) groups excluding carboxylic acids is 1. The average molecular weight is 319 g/mol. The SMILES string of the molecule is CC(=O)CN1CC2Cc3cc(C)ccc3C(c3ccccc3)C2C1. The van der Waals surface area contributed by atoms with Crippen LogP contribution in [0.1, 0.15) is 35.1 Å². The van der Waals surface area contributed by atoms with Crippen molar-refractivity contribution in [3.63, 3.8) is 0 Å². The third-order valence-electron chi connectivity index (χ3n) is 5.72. The molecule has 1 heterocycles. The van der Waals surface area contributed by atoms with Crippen LogP contribution in [-0.4, -0.2) is 30.3 Å². The van der Waals surface area contributed by atoms with Gasteiger partial charge >= 0.3 is 0 Å². The van der Waals surface area contributed by atoms with Gasteiger partial charge in [-0.3, -0.25) is 9.69 Å². The van der Waals surface area contributed by atoms with Crippen LogP contribution in [0, 0.1) is 18.8 Å². The van der Waals surface area contributed by atoms with E-state index in [1.54, 1.807) is 6.92 Å². The van der Waals surface area contributed by atoms with Crippen molar-refractivity contribution in [3.8, 4) is 0 Å². The number of hydrogen-bond donors (Lipinski definition) is 0. The van der Waals surface area contributed by atoms with Crippen LogP contribution in [-0.2, 0) is 11.2 Å². The number of likely N-dealkylation sites (tertiary alicyclic amines) is 1. The van der Waals surface area contributed by atoms with Crippen LogP contribution in [0.15, 0.2) is 48.5 Å². The van der Waals surface area contributed by atoms with Crippen molar-refractivity contribution in [3.05, 3.63) is 70.8 Å². The molecule has 2 aromatic carbocycles. The van der Waals surface area contributed by atoms with Crippen molar-refractivity contribution in [1.82, 2.24) is 4.90 Å². The van der Waals surface area contributed by atoms with Gasteiger partial charge in [-0.2, -0.15) is 0 Å². The highest BCUT2D eigenvalue weighted by Gasteiger charge is 2.43. The first-order valence-electron chi connectivity index (χ1n) is 8.98. The highest BCUT2D eigenvalue weighted by molar-refractivity contribution is 5.77. The van der Waals surface area contributed by atoms with E-state index >= 15 is 0 Å². The number of nitrogens with zero attached hydrogens (tertiary/aromatic N) is 1. The van der Waals surface area contributed by atoms with Gasteiger partial charge in [0.05, 0.1) is 6.54 Å². The molecule has 1 aliphatic heterocycles. The molecular weight excluding hydrogens is 294 g/mol. The number of hydrogen-bond acceptors (Lipinski definition) is 2. The lowest BCUT2D eigenvalue weighted by Gasteiger charge is -2.36. The lowest BCUT2D eigenvalue weighted by Crippen LogP contribution is -2.29. The minimum atomic E-state index is 0.276. The van der Waals surface area contributed by atoms with Crippen LogP contribution in [0.3, 0.4) is 0 Å². The number of carbonyl (C=O) groups is 1. The first kappa shape index (κ1) is 15.6. The Bertz CT molecular complexity index is 752. The van der Waals surface area contributed by atoms with Gasteiger partial charge in [0.25, 0.3) is 0 Å². The van der Waals surface area contributed by atoms with Gasteiger partial charge in [0, 0.05) is 19.0 Å². The van der Waals surface area contributed by atoms with Crippen LogP contribution >= 0.6 is 0 Å². The van der Waals surface area contributed by atoms with E-state index in [2.05, 4.69) is 60.4 Å². The van der Waals surface area contributed by atoms with Crippen LogP contribution < -0.4 is 0 Å². The Labute approximate surface area is 144 Å². The number of aryl methyl sites for hydroxylation is 1. The Morgan fingerprint density at radius 2 is 1.92 bits per heavy atom.